The number of amides is 1. The first-order chi connectivity index (χ1) is 23.1. The summed E-state index contributed by atoms with van der Waals surface area (Å²) in [6.07, 6.45) is 0.525. The van der Waals surface area contributed by atoms with E-state index in [0.29, 0.717) is 30.6 Å². The molecule has 2 atom stereocenters. The standard InChI is InChI=1S/C40H47FN2O6/c1-25(2)36-35(38(46)42-29-17-19-30(44)20-18-29)34(26-11-9-8-10-12-26)37(27-13-15-28(41)16-14-27)43(36)22-21-31-23-32(48-40(6,7)47-31)24-33(45)49-39(3,4)5/h8-20,25,31-32,44H,21-24H2,1-7H3,(H,42,46)/t31-,32?/m1/s1. The second kappa shape index (κ2) is 14.6. The van der Waals surface area contributed by atoms with Gasteiger partial charge in [-0.05, 0) is 107 Å². The first kappa shape index (κ1) is 35.8. The lowest BCUT2D eigenvalue weighted by molar-refractivity contribution is -0.301. The molecule has 9 heteroatoms. The predicted molar refractivity (Wildman–Crippen MR) is 189 cm³/mol. The van der Waals surface area contributed by atoms with Crippen molar-refractivity contribution < 1.29 is 33.3 Å². The van der Waals surface area contributed by atoms with Crippen LogP contribution in [-0.4, -0.2) is 45.1 Å². The highest BCUT2D eigenvalue weighted by Gasteiger charge is 2.38. The van der Waals surface area contributed by atoms with Crippen LogP contribution in [-0.2, 0) is 25.5 Å². The van der Waals surface area contributed by atoms with E-state index in [-0.39, 0.29) is 48.0 Å². The fourth-order valence-corrected chi connectivity index (χ4v) is 6.60. The topological polar surface area (TPSA) is 99.0 Å². The fraction of sp³-hybridized carbons (Fsp3) is 0.400. The molecule has 0 saturated carbocycles. The van der Waals surface area contributed by atoms with Crippen molar-refractivity contribution in [3.8, 4) is 28.1 Å². The maximum atomic E-state index is 14.4. The van der Waals surface area contributed by atoms with Crippen LogP contribution in [0.2, 0.25) is 0 Å². The molecule has 0 aliphatic carbocycles. The van der Waals surface area contributed by atoms with Crippen LogP contribution in [0.15, 0.2) is 78.9 Å². The number of carbonyl (C=O) groups is 2. The number of benzene rings is 3. The molecule has 1 amide bonds. The van der Waals surface area contributed by atoms with Gasteiger partial charge >= 0.3 is 5.97 Å². The number of nitrogens with one attached hydrogen (secondary N) is 1. The highest BCUT2D eigenvalue weighted by molar-refractivity contribution is 6.12. The van der Waals surface area contributed by atoms with Crippen molar-refractivity contribution in [3.63, 3.8) is 0 Å². The number of nitrogens with zero attached hydrogens (tertiary/aromatic N) is 1. The Hall–Kier alpha value is -4.47. The largest absolute Gasteiger partial charge is 0.508 e. The van der Waals surface area contributed by atoms with Crippen molar-refractivity contribution >= 4 is 17.6 Å². The van der Waals surface area contributed by atoms with E-state index in [0.717, 1.165) is 28.1 Å². The second-order valence-electron chi connectivity index (χ2n) is 14.4. The number of carbonyl (C=O) groups excluding carboxylic acids is 2. The third-order valence-corrected chi connectivity index (χ3v) is 8.30. The Morgan fingerprint density at radius 2 is 1.59 bits per heavy atom. The number of esters is 1. The molecule has 1 aliphatic rings. The number of phenolic OH excluding ortho intramolecular Hbond substituents is 1. The second-order valence-corrected chi connectivity index (χ2v) is 14.4. The third kappa shape index (κ3) is 8.96. The highest BCUT2D eigenvalue weighted by Crippen LogP contribution is 2.43. The number of aromatic nitrogens is 1. The Bertz CT molecular complexity index is 1760. The lowest BCUT2D eigenvalue weighted by atomic mass is 9.94. The summed E-state index contributed by atoms with van der Waals surface area (Å²) in [4.78, 5) is 27.1. The summed E-state index contributed by atoms with van der Waals surface area (Å²) in [5.41, 5.74) is 4.43. The molecule has 2 heterocycles. The van der Waals surface area contributed by atoms with E-state index in [1.165, 1.54) is 24.3 Å². The van der Waals surface area contributed by atoms with Crippen LogP contribution in [0.3, 0.4) is 0 Å². The molecular formula is C40H47FN2O6. The number of ether oxygens (including phenoxy) is 3. The number of halogens is 1. The van der Waals surface area contributed by atoms with Gasteiger partial charge in [-0.1, -0.05) is 44.2 Å². The zero-order valence-corrected chi connectivity index (χ0v) is 29.4. The van der Waals surface area contributed by atoms with Crippen molar-refractivity contribution in [2.75, 3.05) is 5.32 Å². The average Bonchev–Trinajstić information content (AvgIpc) is 3.36. The van der Waals surface area contributed by atoms with Gasteiger partial charge in [-0.2, -0.15) is 0 Å². The fourth-order valence-electron chi connectivity index (χ4n) is 6.60. The van der Waals surface area contributed by atoms with Crippen molar-refractivity contribution in [3.05, 3.63) is 95.9 Å². The summed E-state index contributed by atoms with van der Waals surface area (Å²) in [6.45, 7) is 13.8. The van der Waals surface area contributed by atoms with Gasteiger partial charge in [0.05, 0.1) is 29.9 Å². The lowest BCUT2D eigenvalue weighted by Gasteiger charge is -2.41. The normalized spacial score (nSPS) is 17.6. The quantitative estimate of drug-likeness (QED) is 0.129. The van der Waals surface area contributed by atoms with Gasteiger partial charge in [0.15, 0.2) is 5.79 Å². The lowest BCUT2D eigenvalue weighted by Crippen LogP contribution is -2.46. The summed E-state index contributed by atoms with van der Waals surface area (Å²) in [5.74, 6) is -1.87. The minimum Gasteiger partial charge on any atom is -0.508 e. The van der Waals surface area contributed by atoms with Gasteiger partial charge in [-0.15, -0.1) is 0 Å². The summed E-state index contributed by atoms with van der Waals surface area (Å²) in [5, 5.41) is 12.9. The van der Waals surface area contributed by atoms with Crippen LogP contribution in [0.5, 0.6) is 5.75 Å². The molecule has 0 spiro atoms. The zero-order valence-electron chi connectivity index (χ0n) is 29.4. The molecule has 1 saturated heterocycles. The molecule has 2 N–H and O–H groups in total. The molecule has 260 valence electrons. The summed E-state index contributed by atoms with van der Waals surface area (Å²) in [6, 6.07) is 22.4. The van der Waals surface area contributed by atoms with E-state index in [1.54, 1.807) is 24.3 Å². The molecule has 0 radical (unpaired) electrons. The Labute approximate surface area is 288 Å². The first-order valence-corrected chi connectivity index (χ1v) is 16.9. The van der Waals surface area contributed by atoms with Crippen LogP contribution in [0.4, 0.5) is 10.1 Å². The van der Waals surface area contributed by atoms with Crippen molar-refractivity contribution in [2.45, 2.75) is 104 Å². The molecular weight excluding hydrogens is 623 g/mol. The van der Waals surface area contributed by atoms with Gasteiger partial charge < -0.3 is 29.2 Å². The molecule has 4 aromatic rings. The number of aromatic hydroxyl groups is 1. The third-order valence-electron chi connectivity index (χ3n) is 8.30. The molecule has 1 aromatic heterocycles. The van der Waals surface area contributed by atoms with E-state index in [9.17, 15) is 19.1 Å². The molecule has 5 rings (SSSR count). The minimum atomic E-state index is -0.919. The zero-order chi connectivity index (χ0) is 35.5. The van der Waals surface area contributed by atoms with Crippen molar-refractivity contribution in [2.24, 2.45) is 0 Å². The average molecular weight is 671 g/mol. The van der Waals surface area contributed by atoms with Crippen LogP contribution >= 0.6 is 0 Å². The molecule has 1 fully saturated rings. The van der Waals surface area contributed by atoms with Gasteiger partial charge in [-0.25, -0.2) is 4.39 Å². The number of hydrogen-bond donors (Lipinski definition) is 2. The van der Waals surface area contributed by atoms with Crippen LogP contribution in [0, 0.1) is 5.82 Å². The molecule has 49 heavy (non-hydrogen) atoms. The van der Waals surface area contributed by atoms with Crippen LogP contribution in [0.1, 0.15) is 89.7 Å². The van der Waals surface area contributed by atoms with E-state index in [1.807, 2.05) is 65.0 Å². The number of rotatable bonds is 10. The number of hydrogen-bond acceptors (Lipinski definition) is 6. The minimum absolute atomic E-state index is 0.0795. The maximum absolute atomic E-state index is 14.4. The monoisotopic (exact) mass is 670 g/mol. The highest BCUT2D eigenvalue weighted by atomic mass is 19.1. The van der Waals surface area contributed by atoms with Gasteiger partial charge in [0.2, 0.25) is 0 Å². The van der Waals surface area contributed by atoms with Crippen LogP contribution in [0.25, 0.3) is 22.4 Å². The van der Waals surface area contributed by atoms with E-state index >= 15 is 0 Å². The molecule has 8 nitrogen and oxygen atoms in total. The van der Waals surface area contributed by atoms with Crippen molar-refractivity contribution in [1.29, 1.82) is 0 Å². The van der Waals surface area contributed by atoms with E-state index < -0.39 is 11.4 Å². The smallest absolute Gasteiger partial charge is 0.308 e. The summed E-state index contributed by atoms with van der Waals surface area (Å²) in [7, 11) is 0. The summed E-state index contributed by atoms with van der Waals surface area (Å²) < 4.78 is 34.6. The van der Waals surface area contributed by atoms with Crippen LogP contribution < -0.4 is 5.32 Å². The van der Waals surface area contributed by atoms with Crippen molar-refractivity contribution in [1.82, 2.24) is 4.57 Å². The Kier molecular flexibility index (Phi) is 10.6. The SMILES string of the molecule is CC(C)c1c(C(=O)Nc2ccc(O)cc2)c(-c2ccccc2)c(-c2ccc(F)cc2)n1CC[C@@H]1CC(CC(=O)OC(C)(C)C)OC(C)(C)O1. The molecule has 1 unspecified atom stereocenters. The molecule has 3 aromatic carbocycles. The number of phenols is 1. The van der Waals surface area contributed by atoms with Gasteiger partial charge in [0.1, 0.15) is 17.2 Å². The Morgan fingerprint density at radius 1 is 0.959 bits per heavy atom. The first-order valence-electron chi connectivity index (χ1n) is 16.9. The molecule has 1 aliphatic heterocycles. The Balaban J connectivity index is 1.59. The van der Waals surface area contributed by atoms with Gasteiger partial charge in [0.25, 0.3) is 5.91 Å². The number of anilines is 1. The predicted octanol–water partition coefficient (Wildman–Crippen LogP) is 9.07. The molecule has 0 bridgehead atoms. The van der Waals surface area contributed by atoms with E-state index in [4.69, 9.17) is 14.2 Å². The Morgan fingerprint density at radius 3 is 2.20 bits per heavy atom. The van der Waals surface area contributed by atoms with E-state index in [2.05, 4.69) is 23.7 Å². The summed E-state index contributed by atoms with van der Waals surface area (Å²) >= 11 is 0. The van der Waals surface area contributed by atoms with Gasteiger partial charge in [-0.3, -0.25) is 9.59 Å². The van der Waals surface area contributed by atoms with Gasteiger partial charge in [0, 0.05) is 29.9 Å². The maximum Gasteiger partial charge on any atom is 0.308 e.